The number of hydrogen-bond acceptors (Lipinski definition) is 7. The van der Waals surface area contributed by atoms with Crippen LogP contribution in [0.2, 0.25) is 0 Å². The zero-order valence-electron chi connectivity index (χ0n) is 10.2. The Hall–Kier alpha value is -1.26. The Bertz CT molecular complexity index is 654. The van der Waals surface area contributed by atoms with Crippen molar-refractivity contribution in [3.63, 3.8) is 0 Å². The molecule has 0 bridgehead atoms. The lowest BCUT2D eigenvalue weighted by molar-refractivity contribution is 0.561. The van der Waals surface area contributed by atoms with Gasteiger partial charge in [-0.3, -0.25) is 0 Å². The molecule has 0 amide bonds. The molecule has 8 nitrogen and oxygen atoms in total. The van der Waals surface area contributed by atoms with Crippen LogP contribution in [0, 0.1) is 0 Å². The summed E-state index contributed by atoms with van der Waals surface area (Å²) < 4.78 is 48.9. The monoisotopic (exact) mass is 306 g/mol. The zero-order chi connectivity index (χ0) is 14.1. The van der Waals surface area contributed by atoms with E-state index in [2.05, 4.69) is 20.0 Å². The van der Waals surface area contributed by atoms with Gasteiger partial charge in [0.15, 0.2) is 9.84 Å². The van der Waals surface area contributed by atoms with Crippen LogP contribution < -0.4 is 10.0 Å². The van der Waals surface area contributed by atoms with Gasteiger partial charge in [-0.05, 0) is 6.42 Å². The molecule has 10 heteroatoms. The maximum absolute atomic E-state index is 12.0. The second-order valence-electron chi connectivity index (χ2n) is 4.21. The fourth-order valence-electron chi connectivity index (χ4n) is 1.76. The molecule has 2 rings (SSSR count). The van der Waals surface area contributed by atoms with Gasteiger partial charge in [-0.15, -0.1) is 0 Å². The normalized spacial score (nSPS) is 22.3. The van der Waals surface area contributed by atoms with Crippen molar-refractivity contribution < 1.29 is 16.8 Å². The molecule has 1 aliphatic rings. The first-order valence-electron chi connectivity index (χ1n) is 5.55. The number of aromatic nitrogens is 2. The van der Waals surface area contributed by atoms with Crippen LogP contribution in [0.5, 0.6) is 0 Å². The first kappa shape index (κ1) is 14.2. The first-order valence-corrected chi connectivity index (χ1v) is 8.85. The SMILES string of the molecule is CNc1ncc(S(=O)(=O)NC2CCS(=O)(=O)C2)cn1. The molecule has 2 heterocycles. The Balaban J connectivity index is 2.14. The predicted octanol–water partition coefficient (Wildman–Crippen LogP) is -1.02. The van der Waals surface area contributed by atoms with Gasteiger partial charge < -0.3 is 5.32 Å². The molecule has 106 valence electrons. The highest BCUT2D eigenvalue weighted by Gasteiger charge is 2.31. The van der Waals surface area contributed by atoms with Crippen molar-refractivity contribution in [1.82, 2.24) is 14.7 Å². The van der Waals surface area contributed by atoms with Crippen molar-refractivity contribution in [1.29, 1.82) is 0 Å². The average molecular weight is 306 g/mol. The molecule has 1 fully saturated rings. The summed E-state index contributed by atoms with van der Waals surface area (Å²) in [5.41, 5.74) is 0. The number of sulfone groups is 1. The Morgan fingerprint density at radius 1 is 1.32 bits per heavy atom. The van der Waals surface area contributed by atoms with Gasteiger partial charge in [-0.1, -0.05) is 0 Å². The second-order valence-corrected chi connectivity index (χ2v) is 8.16. The molecule has 0 aliphatic carbocycles. The maximum atomic E-state index is 12.0. The van der Waals surface area contributed by atoms with E-state index in [9.17, 15) is 16.8 Å². The van der Waals surface area contributed by atoms with Crippen LogP contribution in [0.25, 0.3) is 0 Å². The summed E-state index contributed by atoms with van der Waals surface area (Å²) in [6.07, 6.45) is 2.63. The van der Waals surface area contributed by atoms with Crippen LogP contribution in [0.4, 0.5) is 5.95 Å². The van der Waals surface area contributed by atoms with E-state index in [0.29, 0.717) is 5.95 Å². The summed E-state index contributed by atoms with van der Waals surface area (Å²) in [6.45, 7) is 0. The number of nitrogens with zero attached hydrogens (tertiary/aromatic N) is 2. The standard InChI is InChI=1S/C9H14N4O4S2/c1-10-9-11-4-8(5-12-9)19(16,17)13-7-2-3-18(14,15)6-7/h4-5,7,13H,2-3,6H2,1H3,(H,10,11,12). The van der Waals surface area contributed by atoms with Crippen molar-refractivity contribution in [2.45, 2.75) is 17.4 Å². The second kappa shape index (κ2) is 5.02. The summed E-state index contributed by atoms with van der Waals surface area (Å²) in [6, 6.07) is -0.584. The number of anilines is 1. The van der Waals surface area contributed by atoms with Crippen molar-refractivity contribution in [3.05, 3.63) is 12.4 Å². The number of hydrogen-bond donors (Lipinski definition) is 2. The van der Waals surface area contributed by atoms with Crippen molar-refractivity contribution in [3.8, 4) is 0 Å². The summed E-state index contributed by atoms with van der Waals surface area (Å²) in [5.74, 6) is 0.152. The summed E-state index contributed by atoms with van der Waals surface area (Å²) in [7, 11) is -5.30. The Morgan fingerprint density at radius 3 is 2.42 bits per heavy atom. The van der Waals surface area contributed by atoms with Crippen LogP contribution in [-0.4, -0.2) is 51.4 Å². The van der Waals surface area contributed by atoms with E-state index in [1.54, 1.807) is 7.05 Å². The predicted molar refractivity (Wildman–Crippen MR) is 69.0 cm³/mol. The average Bonchev–Trinajstić information content (AvgIpc) is 2.68. The van der Waals surface area contributed by atoms with E-state index in [4.69, 9.17) is 0 Å². The highest BCUT2D eigenvalue weighted by molar-refractivity contribution is 7.92. The maximum Gasteiger partial charge on any atom is 0.243 e. The Morgan fingerprint density at radius 2 is 1.95 bits per heavy atom. The van der Waals surface area contributed by atoms with Gasteiger partial charge in [-0.2, -0.15) is 0 Å². The van der Waals surface area contributed by atoms with Crippen molar-refractivity contribution in [2.75, 3.05) is 23.9 Å². The van der Waals surface area contributed by atoms with Crippen LogP contribution in [-0.2, 0) is 19.9 Å². The fraction of sp³-hybridized carbons (Fsp3) is 0.556. The fourth-order valence-corrected chi connectivity index (χ4v) is 4.70. The van der Waals surface area contributed by atoms with Crippen molar-refractivity contribution in [2.24, 2.45) is 0 Å². The van der Waals surface area contributed by atoms with Crippen LogP contribution in [0.15, 0.2) is 17.3 Å². The Labute approximate surface area is 111 Å². The van der Waals surface area contributed by atoms with E-state index in [-0.39, 0.29) is 22.8 Å². The topological polar surface area (TPSA) is 118 Å². The molecule has 0 spiro atoms. The molecule has 2 N–H and O–H groups in total. The van der Waals surface area contributed by atoms with Gasteiger partial charge in [0.25, 0.3) is 0 Å². The largest absolute Gasteiger partial charge is 0.357 e. The van der Waals surface area contributed by atoms with E-state index in [1.165, 1.54) is 12.4 Å². The molecule has 1 saturated heterocycles. The van der Waals surface area contributed by atoms with E-state index in [1.807, 2.05) is 0 Å². The lowest BCUT2D eigenvalue weighted by atomic mass is 10.3. The van der Waals surface area contributed by atoms with Crippen LogP contribution >= 0.6 is 0 Å². The molecule has 1 aliphatic heterocycles. The van der Waals surface area contributed by atoms with E-state index < -0.39 is 25.9 Å². The van der Waals surface area contributed by atoms with Gasteiger partial charge in [0.05, 0.1) is 23.9 Å². The smallest absolute Gasteiger partial charge is 0.243 e. The third-order valence-electron chi connectivity index (χ3n) is 2.72. The van der Waals surface area contributed by atoms with Crippen molar-refractivity contribution >= 4 is 25.8 Å². The third kappa shape index (κ3) is 3.39. The first-order chi connectivity index (χ1) is 8.82. The number of sulfonamides is 1. The number of nitrogens with one attached hydrogen (secondary N) is 2. The minimum Gasteiger partial charge on any atom is -0.357 e. The van der Waals surface area contributed by atoms with E-state index in [0.717, 1.165) is 0 Å². The highest BCUT2D eigenvalue weighted by Crippen LogP contribution is 2.15. The summed E-state index contributed by atoms with van der Waals surface area (Å²) in [5, 5.41) is 2.67. The minimum atomic E-state index is -3.79. The lowest BCUT2D eigenvalue weighted by Gasteiger charge is -2.11. The van der Waals surface area contributed by atoms with E-state index >= 15 is 0 Å². The third-order valence-corrected chi connectivity index (χ3v) is 5.96. The molecular weight excluding hydrogens is 292 g/mol. The molecular formula is C9H14N4O4S2. The highest BCUT2D eigenvalue weighted by atomic mass is 32.2. The quantitative estimate of drug-likeness (QED) is 0.731. The van der Waals surface area contributed by atoms with Crippen LogP contribution in [0.3, 0.4) is 0 Å². The molecule has 0 aromatic carbocycles. The molecule has 0 radical (unpaired) electrons. The minimum absolute atomic E-state index is 0.00930. The zero-order valence-corrected chi connectivity index (χ0v) is 11.8. The van der Waals surface area contributed by atoms with Gasteiger partial charge >= 0.3 is 0 Å². The lowest BCUT2D eigenvalue weighted by Crippen LogP contribution is -2.35. The van der Waals surface area contributed by atoms with Gasteiger partial charge in [0.1, 0.15) is 4.90 Å². The molecule has 1 aromatic rings. The molecule has 0 saturated carbocycles. The summed E-state index contributed by atoms with van der Waals surface area (Å²) in [4.78, 5) is 7.53. The number of rotatable bonds is 4. The summed E-state index contributed by atoms with van der Waals surface area (Å²) >= 11 is 0. The molecule has 19 heavy (non-hydrogen) atoms. The van der Waals surface area contributed by atoms with Gasteiger partial charge in [0.2, 0.25) is 16.0 Å². The Kier molecular flexibility index (Phi) is 3.74. The van der Waals surface area contributed by atoms with Crippen LogP contribution in [0.1, 0.15) is 6.42 Å². The van der Waals surface area contributed by atoms with Gasteiger partial charge in [-0.25, -0.2) is 31.5 Å². The van der Waals surface area contributed by atoms with Gasteiger partial charge in [0, 0.05) is 13.1 Å². The molecule has 1 atom stereocenters. The molecule has 1 aromatic heterocycles. The molecule has 1 unspecified atom stereocenters.